The predicted octanol–water partition coefficient (Wildman–Crippen LogP) is 3.19. The normalized spacial score (nSPS) is 20.0. The summed E-state index contributed by atoms with van der Waals surface area (Å²) >= 11 is 0. The molecule has 0 aromatic heterocycles. The molecule has 1 heterocycles. The van der Waals surface area contributed by atoms with E-state index >= 15 is 0 Å². The molecule has 1 saturated heterocycles. The third kappa shape index (κ3) is 5.39. The molecule has 1 aromatic carbocycles. The molecule has 2 aliphatic rings. The summed E-state index contributed by atoms with van der Waals surface area (Å²) in [6.07, 6.45) is 6.45. The van der Waals surface area contributed by atoms with Gasteiger partial charge in [0, 0.05) is 31.0 Å². The molecule has 0 radical (unpaired) electrons. The molecule has 1 saturated carbocycles. The summed E-state index contributed by atoms with van der Waals surface area (Å²) in [4.78, 5) is 29.2. The van der Waals surface area contributed by atoms with Crippen molar-refractivity contribution in [3.05, 3.63) is 35.9 Å². The average molecular weight is 400 g/mol. The number of nitrogens with zero attached hydrogens (tertiary/aromatic N) is 2. The fourth-order valence-electron chi connectivity index (χ4n) is 4.82. The number of piperidine rings is 1. The highest BCUT2D eigenvalue weighted by molar-refractivity contribution is 5.79. The number of rotatable bonds is 7. The van der Waals surface area contributed by atoms with Gasteiger partial charge in [-0.2, -0.15) is 0 Å². The lowest BCUT2D eigenvalue weighted by molar-refractivity contribution is -0.137. The van der Waals surface area contributed by atoms with Crippen LogP contribution < -0.4 is 5.32 Å². The zero-order valence-corrected chi connectivity index (χ0v) is 18.3. The van der Waals surface area contributed by atoms with E-state index in [1.165, 1.54) is 18.4 Å². The molecule has 0 unspecified atom stereocenters. The van der Waals surface area contributed by atoms with Crippen molar-refractivity contribution < 1.29 is 9.59 Å². The van der Waals surface area contributed by atoms with Gasteiger partial charge in [0.15, 0.2) is 0 Å². The van der Waals surface area contributed by atoms with E-state index in [1.807, 2.05) is 25.8 Å². The van der Waals surface area contributed by atoms with Gasteiger partial charge in [-0.25, -0.2) is 0 Å². The third-order valence-corrected chi connectivity index (χ3v) is 7.00. The highest BCUT2D eigenvalue weighted by Gasteiger charge is 2.36. The Balaban J connectivity index is 1.46. The van der Waals surface area contributed by atoms with Crippen molar-refractivity contribution in [3.8, 4) is 0 Å². The molecule has 2 fully saturated rings. The first kappa shape index (κ1) is 21.8. The predicted molar refractivity (Wildman–Crippen MR) is 117 cm³/mol. The van der Waals surface area contributed by atoms with Gasteiger partial charge >= 0.3 is 0 Å². The van der Waals surface area contributed by atoms with Gasteiger partial charge in [0.2, 0.25) is 11.8 Å². The fraction of sp³-hybridized carbons (Fsp3) is 0.667. The van der Waals surface area contributed by atoms with Gasteiger partial charge in [-0.05, 0) is 58.2 Å². The minimum absolute atomic E-state index is 0.0950. The maximum Gasteiger partial charge on any atom is 0.234 e. The molecule has 0 bridgehead atoms. The van der Waals surface area contributed by atoms with Crippen LogP contribution in [0.4, 0.5) is 0 Å². The molecular weight excluding hydrogens is 362 g/mol. The molecule has 1 aliphatic carbocycles. The standard InChI is InChI=1S/C24H37N3O2/c1-19(2)26(3)23(29)20-11-15-27(16-12-20)17-22(28)25-18-24(13-7-8-14-24)21-9-5-4-6-10-21/h4-6,9-10,19-20H,7-8,11-18H2,1-3H3,(H,25,28). The van der Waals surface area contributed by atoms with Crippen LogP contribution in [0.2, 0.25) is 0 Å². The van der Waals surface area contributed by atoms with Gasteiger partial charge in [-0.3, -0.25) is 14.5 Å². The molecule has 1 N–H and O–H groups in total. The van der Waals surface area contributed by atoms with E-state index in [2.05, 4.69) is 40.5 Å². The van der Waals surface area contributed by atoms with Gasteiger partial charge in [0.1, 0.15) is 0 Å². The SMILES string of the molecule is CC(C)N(C)C(=O)C1CCN(CC(=O)NCC2(c3ccccc3)CCCC2)CC1. The lowest BCUT2D eigenvalue weighted by Crippen LogP contribution is -2.47. The topological polar surface area (TPSA) is 52.7 Å². The van der Waals surface area contributed by atoms with Gasteiger partial charge in [0.05, 0.1) is 6.54 Å². The fourth-order valence-corrected chi connectivity index (χ4v) is 4.82. The summed E-state index contributed by atoms with van der Waals surface area (Å²) in [5.41, 5.74) is 1.45. The van der Waals surface area contributed by atoms with Crippen LogP contribution in [0, 0.1) is 5.92 Å². The van der Waals surface area contributed by atoms with Gasteiger partial charge in [-0.1, -0.05) is 43.2 Å². The van der Waals surface area contributed by atoms with Crippen molar-refractivity contribution >= 4 is 11.8 Å². The Bertz CT molecular complexity index is 675. The molecule has 3 rings (SSSR count). The molecular formula is C24H37N3O2. The summed E-state index contributed by atoms with van der Waals surface area (Å²) in [6, 6.07) is 10.9. The second-order valence-electron chi connectivity index (χ2n) is 9.22. The maximum atomic E-state index is 12.6. The van der Waals surface area contributed by atoms with Crippen LogP contribution in [0.1, 0.15) is 57.9 Å². The Hall–Kier alpha value is -1.88. The maximum absolute atomic E-state index is 12.6. The van der Waals surface area contributed by atoms with Crippen LogP contribution in [0.25, 0.3) is 0 Å². The number of hydrogen-bond acceptors (Lipinski definition) is 3. The van der Waals surface area contributed by atoms with E-state index in [0.29, 0.717) is 6.54 Å². The summed E-state index contributed by atoms with van der Waals surface area (Å²) in [5.74, 6) is 0.452. The lowest BCUT2D eigenvalue weighted by atomic mass is 9.79. The molecule has 1 aliphatic heterocycles. The van der Waals surface area contributed by atoms with Crippen molar-refractivity contribution in [1.29, 1.82) is 0 Å². The van der Waals surface area contributed by atoms with Crippen LogP contribution in [-0.2, 0) is 15.0 Å². The summed E-state index contributed by atoms with van der Waals surface area (Å²) in [6.45, 7) is 6.89. The Kier molecular flexibility index (Phi) is 7.33. The summed E-state index contributed by atoms with van der Waals surface area (Å²) < 4.78 is 0. The van der Waals surface area contributed by atoms with Crippen molar-refractivity contribution in [1.82, 2.24) is 15.1 Å². The highest BCUT2D eigenvalue weighted by Crippen LogP contribution is 2.40. The van der Waals surface area contributed by atoms with E-state index in [4.69, 9.17) is 0 Å². The number of nitrogens with one attached hydrogen (secondary N) is 1. The lowest BCUT2D eigenvalue weighted by Gasteiger charge is -2.34. The largest absolute Gasteiger partial charge is 0.354 e. The zero-order valence-electron chi connectivity index (χ0n) is 18.3. The first-order chi connectivity index (χ1) is 13.9. The number of benzene rings is 1. The average Bonchev–Trinajstić information content (AvgIpc) is 3.22. The molecule has 5 heteroatoms. The van der Waals surface area contributed by atoms with Gasteiger partial charge < -0.3 is 10.2 Å². The van der Waals surface area contributed by atoms with Crippen molar-refractivity contribution in [3.63, 3.8) is 0 Å². The minimum Gasteiger partial charge on any atom is -0.354 e. The number of likely N-dealkylation sites (tertiary alicyclic amines) is 1. The Morgan fingerprint density at radius 1 is 1.14 bits per heavy atom. The van der Waals surface area contributed by atoms with Gasteiger partial charge in [0.25, 0.3) is 0 Å². The molecule has 5 nitrogen and oxygen atoms in total. The van der Waals surface area contributed by atoms with E-state index in [1.54, 1.807) is 0 Å². The third-order valence-electron chi connectivity index (χ3n) is 7.00. The quantitative estimate of drug-likeness (QED) is 0.766. The summed E-state index contributed by atoms with van der Waals surface area (Å²) in [5, 5.41) is 3.22. The molecule has 0 atom stereocenters. The van der Waals surface area contributed by atoms with Gasteiger partial charge in [-0.15, -0.1) is 0 Å². The second-order valence-corrected chi connectivity index (χ2v) is 9.22. The summed E-state index contributed by atoms with van der Waals surface area (Å²) in [7, 11) is 1.89. The Morgan fingerprint density at radius 3 is 2.34 bits per heavy atom. The van der Waals surface area contributed by atoms with Crippen LogP contribution in [0.3, 0.4) is 0 Å². The Morgan fingerprint density at radius 2 is 1.76 bits per heavy atom. The van der Waals surface area contributed by atoms with Crippen LogP contribution in [0.15, 0.2) is 30.3 Å². The monoisotopic (exact) mass is 399 g/mol. The van der Waals surface area contributed by atoms with E-state index in [0.717, 1.165) is 45.3 Å². The molecule has 160 valence electrons. The van der Waals surface area contributed by atoms with E-state index in [-0.39, 0.29) is 29.2 Å². The van der Waals surface area contributed by atoms with Crippen LogP contribution in [0.5, 0.6) is 0 Å². The number of amides is 2. The van der Waals surface area contributed by atoms with E-state index < -0.39 is 0 Å². The molecule has 1 aromatic rings. The molecule has 0 spiro atoms. The van der Waals surface area contributed by atoms with Crippen molar-refractivity contribution in [2.75, 3.05) is 33.2 Å². The molecule has 29 heavy (non-hydrogen) atoms. The number of carbonyl (C=O) groups is 2. The van der Waals surface area contributed by atoms with Crippen LogP contribution in [-0.4, -0.2) is 60.9 Å². The zero-order chi connectivity index (χ0) is 20.9. The Labute approximate surface area is 175 Å². The van der Waals surface area contributed by atoms with Crippen molar-refractivity contribution in [2.24, 2.45) is 5.92 Å². The number of hydrogen-bond donors (Lipinski definition) is 1. The molecule has 2 amide bonds. The first-order valence-electron chi connectivity index (χ1n) is 11.2. The minimum atomic E-state index is 0.0950. The smallest absolute Gasteiger partial charge is 0.234 e. The highest BCUT2D eigenvalue weighted by atomic mass is 16.2. The van der Waals surface area contributed by atoms with E-state index in [9.17, 15) is 9.59 Å². The first-order valence-corrected chi connectivity index (χ1v) is 11.2. The van der Waals surface area contributed by atoms with Crippen LogP contribution >= 0.6 is 0 Å². The van der Waals surface area contributed by atoms with Crippen molar-refractivity contribution in [2.45, 2.75) is 63.8 Å². The number of carbonyl (C=O) groups excluding carboxylic acids is 2. The second kappa shape index (κ2) is 9.75.